The lowest BCUT2D eigenvalue weighted by Gasteiger charge is -2.32. The normalized spacial score (nSPS) is 15.2. The summed E-state index contributed by atoms with van der Waals surface area (Å²) in [6.45, 7) is 4.93. The van der Waals surface area contributed by atoms with E-state index in [1.807, 2.05) is 4.90 Å². The molecular formula is C23H27FN4O5. The molecule has 0 radical (unpaired) electrons. The highest BCUT2D eigenvalue weighted by Gasteiger charge is 2.29. The number of nitrogens with zero attached hydrogens (tertiary/aromatic N) is 3. The van der Waals surface area contributed by atoms with Crippen molar-refractivity contribution in [2.45, 2.75) is 32.7 Å². The molecule has 0 bridgehead atoms. The predicted molar refractivity (Wildman–Crippen MR) is 119 cm³/mol. The van der Waals surface area contributed by atoms with Crippen molar-refractivity contribution in [3.05, 3.63) is 64.1 Å². The van der Waals surface area contributed by atoms with Crippen molar-refractivity contribution in [2.75, 3.05) is 24.6 Å². The highest BCUT2D eigenvalue weighted by Crippen LogP contribution is 2.29. The smallest absolute Gasteiger partial charge is 0.328 e. The summed E-state index contributed by atoms with van der Waals surface area (Å²) in [5.74, 6) is -1.20. The van der Waals surface area contributed by atoms with E-state index in [9.17, 15) is 24.1 Å². The van der Waals surface area contributed by atoms with E-state index in [2.05, 4.69) is 10.3 Å². The van der Waals surface area contributed by atoms with E-state index >= 15 is 0 Å². The van der Waals surface area contributed by atoms with Gasteiger partial charge in [0, 0.05) is 30.9 Å². The molecule has 1 aromatic heterocycles. The molecule has 0 saturated carbocycles. The zero-order valence-electron chi connectivity index (χ0n) is 18.6. The molecule has 0 spiro atoms. The first-order valence-electron chi connectivity index (χ1n) is 10.8. The predicted octanol–water partition coefficient (Wildman–Crippen LogP) is 3.34. The number of ether oxygens (including phenoxy) is 1. The number of nitrogens with one attached hydrogen (secondary N) is 1. The first-order chi connectivity index (χ1) is 15.8. The van der Waals surface area contributed by atoms with Crippen LogP contribution < -0.4 is 10.2 Å². The summed E-state index contributed by atoms with van der Waals surface area (Å²) in [7, 11) is 0. The number of hydrogen-bond acceptors (Lipinski definition) is 7. The summed E-state index contributed by atoms with van der Waals surface area (Å²) in [4.78, 5) is 41.9. The third kappa shape index (κ3) is 6.24. The van der Waals surface area contributed by atoms with E-state index in [4.69, 9.17) is 4.74 Å². The van der Waals surface area contributed by atoms with Crippen LogP contribution in [0.2, 0.25) is 0 Å². The largest absolute Gasteiger partial charge is 0.464 e. The topological polar surface area (TPSA) is 115 Å². The second kappa shape index (κ2) is 10.8. The van der Waals surface area contributed by atoms with Crippen LogP contribution >= 0.6 is 0 Å². The lowest BCUT2D eigenvalue weighted by Crippen LogP contribution is -2.46. The molecule has 1 aromatic carbocycles. The van der Waals surface area contributed by atoms with E-state index in [0.29, 0.717) is 31.7 Å². The summed E-state index contributed by atoms with van der Waals surface area (Å²) >= 11 is 0. The van der Waals surface area contributed by atoms with Crippen molar-refractivity contribution < 1.29 is 23.6 Å². The molecule has 1 fully saturated rings. The van der Waals surface area contributed by atoms with Gasteiger partial charge in [-0.3, -0.25) is 14.9 Å². The van der Waals surface area contributed by atoms with Gasteiger partial charge in [0.2, 0.25) is 5.82 Å². The molecule has 176 valence electrons. The van der Waals surface area contributed by atoms with E-state index in [0.717, 1.165) is 0 Å². The SMILES string of the molecule is CC(C)C(NC(=O)c1ccc(F)cc1)C(=O)OCC1CCN(c2ncccc2[N+](=O)[O-])CC1. The molecule has 2 heterocycles. The minimum absolute atomic E-state index is 0.0287. The number of benzene rings is 1. The Labute approximate surface area is 191 Å². The van der Waals surface area contributed by atoms with Gasteiger partial charge in [-0.2, -0.15) is 0 Å². The number of esters is 1. The number of halogens is 1. The molecule has 2 aromatic rings. The van der Waals surface area contributed by atoms with Crippen LogP contribution in [-0.2, 0) is 9.53 Å². The van der Waals surface area contributed by atoms with Crippen LogP contribution in [0.5, 0.6) is 0 Å². The Hall–Kier alpha value is -3.56. The number of anilines is 1. The third-order valence-electron chi connectivity index (χ3n) is 5.65. The van der Waals surface area contributed by atoms with Crippen molar-refractivity contribution >= 4 is 23.4 Å². The number of hydrogen-bond donors (Lipinski definition) is 1. The Balaban J connectivity index is 1.52. The average Bonchev–Trinajstić information content (AvgIpc) is 2.81. The number of piperidine rings is 1. The van der Waals surface area contributed by atoms with E-state index < -0.39 is 28.7 Å². The second-order valence-corrected chi connectivity index (χ2v) is 8.37. The summed E-state index contributed by atoms with van der Waals surface area (Å²) < 4.78 is 18.6. The zero-order valence-corrected chi connectivity index (χ0v) is 18.6. The summed E-state index contributed by atoms with van der Waals surface area (Å²) in [6, 6.07) is 7.21. The van der Waals surface area contributed by atoms with Gasteiger partial charge in [-0.1, -0.05) is 13.8 Å². The number of pyridine rings is 1. The van der Waals surface area contributed by atoms with Crippen LogP contribution in [0.25, 0.3) is 0 Å². The first kappa shape index (κ1) is 24.1. The number of amides is 1. The fourth-order valence-electron chi connectivity index (χ4n) is 3.70. The molecule has 1 N–H and O–H groups in total. The maximum atomic E-state index is 13.1. The third-order valence-corrected chi connectivity index (χ3v) is 5.65. The van der Waals surface area contributed by atoms with Gasteiger partial charge in [-0.15, -0.1) is 0 Å². The van der Waals surface area contributed by atoms with Crippen LogP contribution in [0, 0.1) is 27.8 Å². The van der Waals surface area contributed by atoms with Gasteiger partial charge in [0.05, 0.1) is 11.5 Å². The van der Waals surface area contributed by atoms with E-state index in [1.165, 1.54) is 42.6 Å². The van der Waals surface area contributed by atoms with Gasteiger partial charge in [0.15, 0.2) is 0 Å². The Morgan fingerprint density at radius 2 is 1.91 bits per heavy atom. The molecule has 1 amide bonds. The molecule has 1 atom stereocenters. The molecule has 3 rings (SSSR count). The summed E-state index contributed by atoms with van der Waals surface area (Å²) in [5, 5.41) is 13.9. The number of nitro groups is 1. The van der Waals surface area contributed by atoms with Gasteiger partial charge >= 0.3 is 11.7 Å². The maximum absolute atomic E-state index is 13.1. The Morgan fingerprint density at radius 3 is 2.52 bits per heavy atom. The van der Waals surface area contributed by atoms with Crippen LogP contribution in [0.4, 0.5) is 15.9 Å². The van der Waals surface area contributed by atoms with Gasteiger partial charge < -0.3 is 15.0 Å². The van der Waals surface area contributed by atoms with Crippen LogP contribution in [0.1, 0.15) is 37.0 Å². The fourth-order valence-corrected chi connectivity index (χ4v) is 3.70. The minimum atomic E-state index is -0.834. The van der Waals surface area contributed by atoms with E-state index in [-0.39, 0.29) is 29.7 Å². The first-order valence-corrected chi connectivity index (χ1v) is 10.8. The molecular weight excluding hydrogens is 431 g/mol. The molecule has 1 aliphatic rings. The highest BCUT2D eigenvalue weighted by atomic mass is 19.1. The van der Waals surface area contributed by atoms with E-state index in [1.54, 1.807) is 13.8 Å². The molecule has 1 saturated heterocycles. The molecule has 0 aliphatic carbocycles. The molecule has 33 heavy (non-hydrogen) atoms. The monoisotopic (exact) mass is 458 g/mol. The van der Waals surface area contributed by atoms with Gasteiger partial charge in [0.25, 0.3) is 5.91 Å². The number of carbonyl (C=O) groups is 2. The molecule has 10 heteroatoms. The molecule has 1 unspecified atom stereocenters. The minimum Gasteiger partial charge on any atom is -0.464 e. The standard InChI is InChI=1S/C23H27FN4O5/c1-15(2)20(26-22(29)17-5-7-18(24)8-6-17)23(30)33-14-16-9-12-27(13-10-16)21-19(28(31)32)4-3-11-25-21/h3-8,11,15-16,20H,9-10,12-14H2,1-2H3,(H,26,29). The quantitative estimate of drug-likeness (QED) is 0.366. The van der Waals surface area contributed by atoms with Gasteiger partial charge in [0.1, 0.15) is 11.9 Å². The van der Waals surface area contributed by atoms with Crippen molar-refractivity contribution in [3.63, 3.8) is 0 Å². The number of aromatic nitrogens is 1. The van der Waals surface area contributed by atoms with Gasteiger partial charge in [-0.25, -0.2) is 14.2 Å². The zero-order chi connectivity index (χ0) is 24.0. The van der Waals surface area contributed by atoms with Crippen molar-refractivity contribution in [3.8, 4) is 0 Å². The summed E-state index contributed by atoms with van der Waals surface area (Å²) in [6.07, 6.45) is 2.91. The van der Waals surface area contributed by atoms with Crippen molar-refractivity contribution in [1.82, 2.24) is 10.3 Å². The maximum Gasteiger partial charge on any atom is 0.328 e. The van der Waals surface area contributed by atoms with Gasteiger partial charge in [-0.05, 0) is 55.0 Å². The van der Waals surface area contributed by atoms with Crippen LogP contribution in [0.15, 0.2) is 42.6 Å². The summed E-state index contributed by atoms with van der Waals surface area (Å²) in [5.41, 5.74) is 0.227. The van der Waals surface area contributed by atoms with Crippen LogP contribution in [0.3, 0.4) is 0 Å². The Kier molecular flexibility index (Phi) is 7.92. The molecule has 1 aliphatic heterocycles. The van der Waals surface area contributed by atoms with Crippen molar-refractivity contribution in [1.29, 1.82) is 0 Å². The Morgan fingerprint density at radius 1 is 1.24 bits per heavy atom. The fraction of sp³-hybridized carbons (Fsp3) is 0.435. The lowest BCUT2D eigenvalue weighted by molar-refractivity contribution is -0.384. The lowest BCUT2D eigenvalue weighted by atomic mass is 9.97. The van der Waals surface area contributed by atoms with Crippen molar-refractivity contribution in [2.24, 2.45) is 11.8 Å². The average molecular weight is 458 g/mol. The van der Waals surface area contributed by atoms with Crippen LogP contribution in [-0.4, -0.2) is 47.5 Å². The Bertz CT molecular complexity index is 991. The molecule has 9 nitrogen and oxygen atoms in total. The number of rotatable bonds is 8. The second-order valence-electron chi connectivity index (χ2n) is 8.37. The number of carbonyl (C=O) groups excluding carboxylic acids is 2. The highest BCUT2D eigenvalue weighted by molar-refractivity contribution is 5.96.